The van der Waals surface area contributed by atoms with Crippen molar-refractivity contribution in [2.75, 3.05) is 13.1 Å². The molecule has 0 aromatic heterocycles. The van der Waals surface area contributed by atoms with Crippen LogP contribution in [0.25, 0.3) is 5.57 Å². The zero-order chi connectivity index (χ0) is 18.9. The molecule has 134 valence electrons. The van der Waals surface area contributed by atoms with Crippen LogP contribution in [-0.4, -0.2) is 37.6 Å². The molecule has 0 bridgehead atoms. The molecule has 0 saturated carbocycles. The first-order valence-electron chi connectivity index (χ1n) is 8.08. The Bertz CT molecular complexity index is 997. The molecule has 26 heavy (non-hydrogen) atoms. The third kappa shape index (κ3) is 3.01. The number of hydrogen-bond acceptors (Lipinski definition) is 4. The van der Waals surface area contributed by atoms with Crippen LogP contribution in [-0.2, 0) is 10.0 Å². The summed E-state index contributed by atoms with van der Waals surface area (Å²) in [6.07, 6.45) is 0. The molecule has 0 fully saturated rings. The average molecular weight is 370 g/mol. The van der Waals surface area contributed by atoms with E-state index in [1.54, 1.807) is 6.92 Å². The van der Waals surface area contributed by atoms with Crippen LogP contribution < -0.4 is 5.32 Å². The molecule has 0 saturated heterocycles. The van der Waals surface area contributed by atoms with Crippen molar-refractivity contribution in [3.8, 4) is 0 Å². The van der Waals surface area contributed by atoms with Gasteiger partial charge in [-0.25, -0.2) is 12.7 Å². The predicted octanol–water partition coefficient (Wildman–Crippen LogP) is 2.29. The Balaban J connectivity index is 1.79. The number of hydrogen-bond donors (Lipinski definition) is 1. The summed E-state index contributed by atoms with van der Waals surface area (Å²) in [5.41, 5.74) is 1.92. The summed E-state index contributed by atoms with van der Waals surface area (Å²) in [5.74, 6) is -0.991. The van der Waals surface area contributed by atoms with Crippen LogP contribution in [0.5, 0.6) is 0 Å². The number of nitrogens with zero attached hydrogens (tertiary/aromatic N) is 1. The van der Waals surface area contributed by atoms with E-state index in [9.17, 15) is 18.0 Å². The lowest BCUT2D eigenvalue weighted by atomic mass is 10.1. The van der Waals surface area contributed by atoms with Gasteiger partial charge in [0.25, 0.3) is 21.8 Å². The molecule has 1 N–H and O–H groups in total. The molecule has 0 spiro atoms. The maximum atomic E-state index is 12.4. The standard InChI is InChI=1S/C19H18N2O4S/c1-3-21-19(23)16-10-9-15(11-17(16)26(21,24)25)18(22)20-12-13(2)14-7-5-4-6-8-14/h4-11H,2-3,12H2,1H3,(H,20,22). The molecule has 2 aromatic rings. The average Bonchev–Trinajstić information content (AvgIpc) is 2.85. The predicted molar refractivity (Wildman–Crippen MR) is 98.1 cm³/mol. The zero-order valence-corrected chi connectivity index (χ0v) is 15.0. The van der Waals surface area contributed by atoms with Crippen molar-refractivity contribution >= 4 is 27.4 Å². The molecule has 0 unspecified atom stereocenters. The van der Waals surface area contributed by atoms with Gasteiger partial charge in [0.15, 0.2) is 0 Å². The fourth-order valence-corrected chi connectivity index (χ4v) is 4.40. The van der Waals surface area contributed by atoms with Crippen LogP contribution in [0.4, 0.5) is 0 Å². The topological polar surface area (TPSA) is 83.6 Å². The van der Waals surface area contributed by atoms with Crippen molar-refractivity contribution in [1.82, 2.24) is 9.62 Å². The van der Waals surface area contributed by atoms with Gasteiger partial charge in [0.1, 0.15) is 4.90 Å². The molecule has 7 heteroatoms. The molecular weight excluding hydrogens is 352 g/mol. The van der Waals surface area contributed by atoms with Crippen molar-refractivity contribution in [1.29, 1.82) is 0 Å². The molecule has 6 nitrogen and oxygen atoms in total. The van der Waals surface area contributed by atoms with E-state index in [2.05, 4.69) is 11.9 Å². The number of sulfonamides is 1. The van der Waals surface area contributed by atoms with E-state index < -0.39 is 21.8 Å². The normalized spacial score (nSPS) is 14.8. The molecule has 1 heterocycles. The van der Waals surface area contributed by atoms with Crippen LogP contribution in [0.1, 0.15) is 33.2 Å². The summed E-state index contributed by atoms with van der Waals surface area (Å²) in [6.45, 7) is 5.81. The summed E-state index contributed by atoms with van der Waals surface area (Å²) in [5, 5.41) is 2.72. The highest BCUT2D eigenvalue weighted by Crippen LogP contribution is 2.30. The molecule has 3 rings (SSSR count). The second-order valence-electron chi connectivity index (χ2n) is 5.84. The quantitative estimate of drug-likeness (QED) is 0.875. The van der Waals surface area contributed by atoms with Gasteiger partial charge in [-0.3, -0.25) is 9.59 Å². The summed E-state index contributed by atoms with van der Waals surface area (Å²) in [4.78, 5) is 24.4. The van der Waals surface area contributed by atoms with Crippen molar-refractivity contribution in [2.45, 2.75) is 11.8 Å². The molecule has 2 amide bonds. The SMILES string of the molecule is C=C(CNC(=O)c1ccc2c(c1)S(=O)(=O)N(CC)C2=O)c1ccccc1. The molecule has 0 radical (unpaired) electrons. The number of rotatable bonds is 5. The van der Waals surface area contributed by atoms with Gasteiger partial charge in [-0.15, -0.1) is 0 Å². The van der Waals surface area contributed by atoms with Crippen LogP contribution in [0.2, 0.25) is 0 Å². The second-order valence-corrected chi connectivity index (χ2v) is 7.67. The lowest BCUT2D eigenvalue weighted by molar-refractivity contribution is 0.0874. The summed E-state index contributed by atoms with van der Waals surface area (Å²) in [6, 6.07) is 13.5. The van der Waals surface area contributed by atoms with Crippen molar-refractivity contribution in [3.63, 3.8) is 0 Å². The van der Waals surface area contributed by atoms with Gasteiger partial charge in [0.05, 0.1) is 5.56 Å². The minimum absolute atomic E-state index is 0.0499. The maximum absolute atomic E-state index is 12.4. The van der Waals surface area contributed by atoms with Crippen LogP contribution in [0, 0.1) is 0 Å². The van der Waals surface area contributed by atoms with E-state index in [-0.39, 0.29) is 29.1 Å². The Morgan fingerprint density at radius 3 is 2.46 bits per heavy atom. The van der Waals surface area contributed by atoms with E-state index in [0.717, 1.165) is 15.4 Å². The van der Waals surface area contributed by atoms with E-state index in [4.69, 9.17) is 0 Å². The van der Waals surface area contributed by atoms with Crippen LogP contribution in [0.3, 0.4) is 0 Å². The number of fused-ring (bicyclic) bond motifs is 1. The number of carbonyl (C=O) groups is 2. The second kappa shape index (κ2) is 6.76. The lowest BCUT2D eigenvalue weighted by Gasteiger charge is -2.11. The van der Waals surface area contributed by atoms with Crippen molar-refractivity contribution in [2.24, 2.45) is 0 Å². The fraction of sp³-hybridized carbons (Fsp3) is 0.158. The summed E-state index contributed by atoms with van der Waals surface area (Å²) in [7, 11) is -3.89. The van der Waals surface area contributed by atoms with Crippen LogP contribution >= 0.6 is 0 Å². The summed E-state index contributed by atoms with van der Waals surface area (Å²) >= 11 is 0. The van der Waals surface area contributed by atoms with E-state index >= 15 is 0 Å². The van der Waals surface area contributed by atoms with Crippen molar-refractivity contribution in [3.05, 3.63) is 71.8 Å². The van der Waals surface area contributed by atoms with E-state index in [0.29, 0.717) is 0 Å². The number of amides is 2. The number of carbonyl (C=O) groups excluding carboxylic acids is 2. The molecule has 1 aliphatic rings. The van der Waals surface area contributed by atoms with Gasteiger partial charge in [0.2, 0.25) is 0 Å². The highest BCUT2D eigenvalue weighted by Gasteiger charge is 2.40. The third-order valence-corrected chi connectivity index (χ3v) is 6.10. The third-order valence-electron chi connectivity index (χ3n) is 4.20. The Kier molecular flexibility index (Phi) is 4.65. The fourth-order valence-electron chi connectivity index (χ4n) is 2.79. The Hall–Kier alpha value is -2.93. The number of nitrogens with one attached hydrogen (secondary N) is 1. The molecular formula is C19H18N2O4S. The Morgan fingerprint density at radius 2 is 1.81 bits per heavy atom. The molecule has 2 aromatic carbocycles. The zero-order valence-electron chi connectivity index (χ0n) is 14.2. The first-order valence-corrected chi connectivity index (χ1v) is 9.52. The van der Waals surface area contributed by atoms with Gasteiger partial charge < -0.3 is 5.32 Å². The van der Waals surface area contributed by atoms with Gasteiger partial charge in [-0.05, 0) is 36.3 Å². The maximum Gasteiger partial charge on any atom is 0.268 e. The molecule has 0 atom stereocenters. The number of benzene rings is 2. The van der Waals surface area contributed by atoms with Gasteiger partial charge in [0, 0.05) is 18.7 Å². The van der Waals surface area contributed by atoms with E-state index in [1.807, 2.05) is 30.3 Å². The Morgan fingerprint density at radius 1 is 1.12 bits per heavy atom. The largest absolute Gasteiger partial charge is 0.348 e. The minimum Gasteiger partial charge on any atom is -0.348 e. The van der Waals surface area contributed by atoms with Crippen LogP contribution in [0.15, 0.2) is 60.0 Å². The molecule has 0 aliphatic carbocycles. The van der Waals surface area contributed by atoms with Gasteiger partial charge in [-0.1, -0.05) is 36.9 Å². The van der Waals surface area contributed by atoms with Crippen molar-refractivity contribution < 1.29 is 18.0 Å². The first-order chi connectivity index (χ1) is 12.4. The van der Waals surface area contributed by atoms with E-state index in [1.165, 1.54) is 18.2 Å². The molecule has 1 aliphatic heterocycles. The first kappa shape index (κ1) is 17.9. The van der Waals surface area contributed by atoms with Gasteiger partial charge in [-0.2, -0.15) is 0 Å². The highest BCUT2D eigenvalue weighted by molar-refractivity contribution is 7.90. The monoisotopic (exact) mass is 370 g/mol. The summed E-state index contributed by atoms with van der Waals surface area (Å²) < 4.78 is 25.6. The Labute approximate surface area is 152 Å². The highest BCUT2D eigenvalue weighted by atomic mass is 32.2. The smallest absolute Gasteiger partial charge is 0.268 e. The lowest BCUT2D eigenvalue weighted by Crippen LogP contribution is -2.29. The minimum atomic E-state index is -3.89. The van der Waals surface area contributed by atoms with Gasteiger partial charge >= 0.3 is 0 Å².